The topological polar surface area (TPSA) is 53.8 Å². The average Bonchev–Trinajstić information content (AvgIpc) is 2.29. The van der Waals surface area contributed by atoms with Gasteiger partial charge in [-0.1, -0.05) is 25.9 Å². The molecule has 2 N–H and O–H groups in total. The highest BCUT2D eigenvalue weighted by Gasteiger charge is 2.16. The number of hydrogen-bond donors (Lipinski definition) is 2. The van der Waals surface area contributed by atoms with Crippen molar-refractivity contribution in [3.8, 4) is 0 Å². The van der Waals surface area contributed by atoms with E-state index in [9.17, 15) is 5.11 Å². The minimum absolute atomic E-state index is 0.267. The SMILES string of the molecule is CC(C)NCC(O)CO/N=C1\CCSCC1C. The van der Waals surface area contributed by atoms with Crippen molar-refractivity contribution >= 4 is 17.5 Å². The minimum Gasteiger partial charge on any atom is -0.393 e. The Kier molecular flexibility index (Phi) is 6.92. The molecule has 0 radical (unpaired) electrons. The number of nitrogens with one attached hydrogen (secondary N) is 1. The molecule has 1 aliphatic rings. The maximum Gasteiger partial charge on any atom is 0.144 e. The zero-order valence-electron chi connectivity index (χ0n) is 11.0. The van der Waals surface area contributed by atoms with Crippen LogP contribution in [0, 0.1) is 5.92 Å². The van der Waals surface area contributed by atoms with E-state index in [0.29, 0.717) is 18.5 Å². The lowest BCUT2D eigenvalue weighted by Crippen LogP contribution is -2.34. The molecule has 1 aliphatic heterocycles. The predicted octanol–water partition coefficient (Wildman–Crippen LogP) is 1.49. The van der Waals surface area contributed by atoms with Gasteiger partial charge in [0, 0.05) is 24.3 Å². The van der Waals surface area contributed by atoms with Crippen molar-refractivity contribution in [1.29, 1.82) is 0 Å². The third-order valence-electron chi connectivity index (χ3n) is 2.65. The fourth-order valence-electron chi connectivity index (χ4n) is 1.55. The molecule has 0 saturated carbocycles. The summed E-state index contributed by atoms with van der Waals surface area (Å²) in [7, 11) is 0. The molecule has 0 bridgehead atoms. The summed E-state index contributed by atoms with van der Waals surface area (Å²) >= 11 is 1.96. The number of hydrogen-bond acceptors (Lipinski definition) is 5. The van der Waals surface area contributed by atoms with Crippen molar-refractivity contribution in [3.63, 3.8) is 0 Å². The molecule has 100 valence electrons. The van der Waals surface area contributed by atoms with E-state index < -0.39 is 6.10 Å². The standard InChI is InChI=1S/C12H24N2O2S/c1-9(2)13-6-11(15)7-16-14-12-4-5-17-8-10(12)3/h9-11,13,15H,4-8H2,1-3H3/b14-12+. The molecule has 0 spiro atoms. The predicted molar refractivity (Wildman–Crippen MR) is 73.6 cm³/mol. The summed E-state index contributed by atoms with van der Waals surface area (Å²) in [5.41, 5.74) is 1.13. The van der Waals surface area contributed by atoms with Crippen molar-refractivity contribution in [2.75, 3.05) is 24.7 Å². The largest absolute Gasteiger partial charge is 0.393 e. The van der Waals surface area contributed by atoms with E-state index in [4.69, 9.17) is 4.84 Å². The molecule has 0 aromatic carbocycles. The van der Waals surface area contributed by atoms with Gasteiger partial charge in [0.05, 0.1) is 5.71 Å². The Bertz CT molecular complexity index is 247. The Morgan fingerprint density at radius 2 is 2.35 bits per heavy atom. The van der Waals surface area contributed by atoms with Crippen LogP contribution in [-0.2, 0) is 4.84 Å². The Hall–Kier alpha value is -0.260. The van der Waals surface area contributed by atoms with Crippen LogP contribution < -0.4 is 5.32 Å². The van der Waals surface area contributed by atoms with Crippen LogP contribution in [0.4, 0.5) is 0 Å². The second-order valence-corrected chi connectivity index (χ2v) is 5.97. The van der Waals surface area contributed by atoms with E-state index in [1.54, 1.807) is 0 Å². The van der Waals surface area contributed by atoms with Gasteiger partial charge in [0.25, 0.3) is 0 Å². The molecule has 0 aromatic rings. The van der Waals surface area contributed by atoms with Crippen LogP contribution >= 0.6 is 11.8 Å². The third kappa shape index (κ3) is 6.29. The average molecular weight is 260 g/mol. The molecule has 2 atom stereocenters. The van der Waals surface area contributed by atoms with E-state index in [1.807, 2.05) is 11.8 Å². The van der Waals surface area contributed by atoms with Crippen molar-refractivity contribution in [2.45, 2.75) is 39.3 Å². The minimum atomic E-state index is -0.491. The fraction of sp³-hybridized carbons (Fsp3) is 0.917. The van der Waals surface area contributed by atoms with Crippen molar-refractivity contribution in [3.05, 3.63) is 0 Å². The molecule has 17 heavy (non-hydrogen) atoms. The molecular weight excluding hydrogens is 236 g/mol. The lowest BCUT2D eigenvalue weighted by molar-refractivity contribution is 0.0386. The van der Waals surface area contributed by atoms with E-state index in [-0.39, 0.29) is 6.61 Å². The Labute approximate surface area is 108 Å². The first-order chi connectivity index (χ1) is 8.09. The molecule has 2 unspecified atom stereocenters. The summed E-state index contributed by atoms with van der Waals surface area (Å²) in [5.74, 6) is 2.75. The van der Waals surface area contributed by atoms with Gasteiger partial charge in [-0.05, 0) is 12.2 Å². The highest BCUT2D eigenvalue weighted by molar-refractivity contribution is 7.99. The van der Waals surface area contributed by atoms with Crippen LogP contribution in [-0.4, -0.2) is 47.6 Å². The summed E-state index contributed by atoms with van der Waals surface area (Å²) in [4.78, 5) is 5.23. The first-order valence-electron chi connectivity index (χ1n) is 6.27. The number of aliphatic hydroxyl groups is 1. The highest BCUT2D eigenvalue weighted by Crippen LogP contribution is 2.20. The first kappa shape index (κ1) is 14.8. The smallest absolute Gasteiger partial charge is 0.144 e. The van der Waals surface area contributed by atoms with Crippen LogP contribution in [0.3, 0.4) is 0 Å². The normalized spacial score (nSPS) is 25.2. The molecular formula is C12H24N2O2S. The Morgan fingerprint density at radius 3 is 3.00 bits per heavy atom. The molecule has 1 fully saturated rings. The van der Waals surface area contributed by atoms with Gasteiger partial charge in [-0.15, -0.1) is 0 Å². The number of rotatable bonds is 6. The maximum absolute atomic E-state index is 9.63. The number of thioether (sulfide) groups is 1. The first-order valence-corrected chi connectivity index (χ1v) is 7.43. The molecule has 0 aromatic heterocycles. The van der Waals surface area contributed by atoms with E-state index in [1.165, 1.54) is 0 Å². The number of nitrogens with zero attached hydrogens (tertiary/aromatic N) is 1. The van der Waals surface area contributed by atoms with Crippen molar-refractivity contribution < 1.29 is 9.94 Å². The van der Waals surface area contributed by atoms with Gasteiger partial charge >= 0.3 is 0 Å². The van der Waals surface area contributed by atoms with Gasteiger partial charge in [-0.25, -0.2) is 0 Å². The highest BCUT2D eigenvalue weighted by atomic mass is 32.2. The van der Waals surface area contributed by atoms with Crippen LogP contribution in [0.15, 0.2) is 5.16 Å². The van der Waals surface area contributed by atoms with Gasteiger partial charge in [0.2, 0.25) is 0 Å². The summed E-state index contributed by atoms with van der Waals surface area (Å²) in [6.45, 7) is 7.09. The molecule has 1 saturated heterocycles. The number of aliphatic hydroxyl groups excluding tert-OH is 1. The van der Waals surface area contributed by atoms with Gasteiger partial charge in [-0.2, -0.15) is 11.8 Å². The molecule has 5 heteroatoms. The monoisotopic (exact) mass is 260 g/mol. The lowest BCUT2D eigenvalue weighted by Gasteiger charge is -2.19. The maximum atomic E-state index is 9.63. The summed E-state index contributed by atoms with van der Waals surface area (Å²) < 4.78 is 0. The second kappa shape index (κ2) is 7.95. The van der Waals surface area contributed by atoms with Crippen molar-refractivity contribution in [1.82, 2.24) is 5.32 Å². The Balaban J connectivity index is 2.19. The quantitative estimate of drug-likeness (QED) is 0.711. The van der Waals surface area contributed by atoms with Gasteiger partial charge < -0.3 is 15.3 Å². The lowest BCUT2D eigenvalue weighted by atomic mass is 10.1. The summed E-state index contributed by atoms with van der Waals surface area (Å²) in [6.07, 6.45) is 0.515. The van der Waals surface area contributed by atoms with Gasteiger partial charge in [-0.3, -0.25) is 0 Å². The summed E-state index contributed by atoms with van der Waals surface area (Å²) in [5, 5.41) is 16.9. The van der Waals surface area contributed by atoms with E-state index in [0.717, 1.165) is 23.6 Å². The van der Waals surface area contributed by atoms with Gasteiger partial charge in [0.1, 0.15) is 12.7 Å². The van der Waals surface area contributed by atoms with E-state index in [2.05, 4.69) is 31.2 Å². The van der Waals surface area contributed by atoms with Crippen LogP contribution in [0.5, 0.6) is 0 Å². The van der Waals surface area contributed by atoms with Crippen LogP contribution in [0.2, 0.25) is 0 Å². The second-order valence-electron chi connectivity index (χ2n) is 4.82. The molecule has 1 rings (SSSR count). The molecule has 0 aliphatic carbocycles. The van der Waals surface area contributed by atoms with E-state index >= 15 is 0 Å². The third-order valence-corrected chi connectivity index (χ3v) is 3.88. The van der Waals surface area contributed by atoms with Crippen molar-refractivity contribution in [2.24, 2.45) is 11.1 Å². The zero-order chi connectivity index (χ0) is 12.7. The number of oxime groups is 1. The Morgan fingerprint density at radius 1 is 1.59 bits per heavy atom. The molecule has 4 nitrogen and oxygen atoms in total. The summed E-state index contributed by atoms with van der Waals surface area (Å²) in [6, 6.07) is 0.381. The molecule has 0 amide bonds. The van der Waals surface area contributed by atoms with Crippen LogP contribution in [0.1, 0.15) is 27.2 Å². The van der Waals surface area contributed by atoms with Gasteiger partial charge in [0.15, 0.2) is 0 Å². The zero-order valence-corrected chi connectivity index (χ0v) is 11.8. The molecule has 1 heterocycles. The fourth-order valence-corrected chi connectivity index (χ4v) is 2.62. The van der Waals surface area contributed by atoms with Crippen LogP contribution in [0.25, 0.3) is 0 Å².